The fraction of sp³-hybridized carbons (Fsp3) is 0.0270. The third-order valence-corrected chi connectivity index (χ3v) is 8.17. The van der Waals surface area contributed by atoms with Crippen molar-refractivity contribution in [2.45, 2.75) is 6.54 Å². The molecule has 7 aromatic rings. The Hall–Kier alpha value is -5.48. The monoisotopic (exact) mass is 526 g/mol. The van der Waals surface area contributed by atoms with E-state index < -0.39 is 0 Å². The molecule has 1 aliphatic heterocycles. The topological polar surface area (TPSA) is 33.4 Å². The number of aromatic nitrogens is 2. The van der Waals surface area contributed by atoms with Gasteiger partial charge in [-0.25, -0.2) is 0 Å². The standard InChI is InChI=1S/C37H26N4/c1-38-33-15-7-10-18-36(33)40-24-32-28(29-13-5-8-16-34(29)40)19-20-31-30-14-6-9-17-35(30)41(37(31)32)27-21-26(22-39-23-27)25-11-3-2-4-12-25/h2-23H,1,24H2. The Morgan fingerprint density at radius 3 is 2.27 bits per heavy atom. The van der Waals surface area contributed by atoms with Crippen LogP contribution < -0.4 is 4.90 Å². The maximum Gasteiger partial charge on any atom is 0.0859 e. The zero-order valence-corrected chi connectivity index (χ0v) is 22.4. The number of hydrogen-bond acceptors (Lipinski definition) is 3. The maximum atomic E-state index is 4.71. The molecule has 3 heterocycles. The zero-order valence-electron chi connectivity index (χ0n) is 22.4. The van der Waals surface area contributed by atoms with E-state index >= 15 is 0 Å². The van der Waals surface area contributed by atoms with Gasteiger partial charge in [0.05, 0.1) is 40.8 Å². The molecule has 0 amide bonds. The maximum absolute atomic E-state index is 4.71. The number of nitrogens with zero attached hydrogens (tertiary/aromatic N) is 4. The van der Waals surface area contributed by atoms with Gasteiger partial charge in [0, 0.05) is 39.3 Å². The van der Waals surface area contributed by atoms with Gasteiger partial charge in [-0.2, -0.15) is 0 Å². The summed E-state index contributed by atoms with van der Waals surface area (Å²) in [5, 5.41) is 2.47. The van der Waals surface area contributed by atoms with Gasteiger partial charge in [-0.1, -0.05) is 91.0 Å². The van der Waals surface area contributed by atoms with Crippen LogP contribution in [0.5, 0.6) is 0 Å². The molecule has 2 aromatic heterocycles. The number of fused-ring (bicyclic) bond motifs is 7. The van der Waals surface area contributed by atoms with Gasteiger partial charge in [0.15, 0.2) is 0 Å². The molecular weight excluding hydrogens is 500 g/mol. The van der Waals surface area contributed by atoms with Crippen molar-refractivity contribution in [2.75, 3.05) is 4.90 Å². The number of anilines is 2. The third-order valence-electron chi connectivity index (χ3n) is 8.17. The summed E-state index contributed by atoms with van der Waals surface area (Å²) < 4.78 is 2.40. The number of benzene rings is 5. The van der Waals surface area contributed by atoms with E-state index in [9.17, 15) is 0 Å². The smallest absolute Gasteiger partial charge is 0.0859 e. The molecule has 0 unspecified atom stereocenters. The highest BCUT2D eigenvalue weighted by atomic mass is 15.2. The van der Waals surface area contributed by atoms with E-state index in [-0.39, 0.29) is 0 Å². The lowest BCUT2D eigenvalue weighted by atomic mass is 9.91. The predicted octanol–water partition coefficient (Wildman–Crippen LogP) is 9.50. The lowest BCUT2D eigenvalue weighted by Gasteiger charge is -2.34. The summed E-state index contributed by atoms with van der Waals surface area (Å²) in [4.78, 5) is 11.5. The van der Waals surface area contributed by atoms with Gasteiger partial charge in [0.2, 0.25) is 0 Å². The molecule has 0 N–H and O–H groups in total. The van der Waals surface area contributed by atoms with Crippen molar-refractivity contribution in [1.82, 2.24) is 9.55 Å². The summed E-state index contributed by atoms with van der Waals surface area (Å²) in [5.74, 6) is 0. The summed E-state index contributed by atoms with van der Waals surface area (Å²) >= 11 is 0. The average molecular weight is 527 g/mol. The van der Waals surface area contributed by atoms with Gasteiger partial charge in [0.1, 0.15) is 0 Å². The number of hydrogen-bond donors (Lipinski definition) is 0. The second-order valence-corrected chi connectivity index (χ2v) is 10.4. The highest BCUT2D eigenvalue weighted by Gasteiger charge is 2.28. The Morgan fingerprint density at radius 1 is 0.634 bits per heavy atom. The molecule has 5 aromatic carbocycles. The number of para-hydroxylation sites is 4. The van der Waals surface area contributed by atoms with Crippen LogP contribution in [0.2, 0.25) is 0 Å². The van der Waals surface area contributed by atoms with Crippen LogP contribution in [0.15, 0.2) is 139 Å². The van der Waals surface area contributed by atoms with E-state index in [0.717, 1.165) is 28.2 Å². The molecule has 41 heavy (non-hydrogen) atoms. The van der Waals surface area contributed by atoms with Crippen LogP contribution in [-0.2, 0) is 6.54 Å². The first-order valence-corrected chi connectivity index (χ1v) is 13.8. The van der Waals surface area contributed by atoms with Gasteiger partial charge in [0.25, 0.3) is 0 Å². The summed E-state index contributed by atoms with van der Waals surface area (Å²) in [6, 6.07) is 42.8. The van der Waals surface area contributed by atoms with E-state index in [4.69, 9.17) is 4.98 Å². The first-order valence-electron chi connectivity index (χ1n) is 13.8. The second-order valence-electron chi connectivity index (χ2n) is 10.4. The van der Waals surface area contributed by atoms with Crippen LogP contribution in [0.1, 0.15) is 5.56 Å². The average Bonchev–Trinajstić information content (AvgIpc) is 3.40. The van der Waals surface area contributed by atoms with E-state index in [0.29, 0.717) is 6.54 Å². The molecule has 0 spiro atoms. The fourth-order valence-electron chi connectivity index (χ4n) is 6.37. The van der Waals surface area contributed by atoms with Crippen LogP contribution in [0.3, 0.4) is 0 Å². The van der Waals surface area contributed by atoms with Crippen LogP contribution in [-0.4, -0.2) is 16.3 Å². The molecule has 0 saturated carbocycles. The van der Waals surface area contributed by atoms with Crippen LogP contribution in [0.25, 0.3) is 49.7 Å². The summed E-state index contributed by atoms with van der Waals surface area (Å²) in [7, 11) is 0. The first-order chi connectivity index (χ1) is 20.3. The number of aliphatic imine (C=N–C) groups is 1. The minimum atomic E-state index is 0.707. The van der Waals surface area contributed by atoms with Crippen molar-refractivity contribution in [2.24, 2.45) is 4.99 Å². The minimum Gasteiger partial charge on any atom is -0.335 e. The number of rotatable bonds is 4. The highest BCUT2D eigenvalue weighted by Crippen LogP contribution is 2.48. The second kappa shape index (κ2) is 9.32. The Morgan fingerprint density at radius 2 is 1.39 bits per heavy atom. The normalized spacial score (nSPS) is 12.3. The third kappa shape index (κ3) is 3.61. The van der Waals surface area contributed by atoms with Gasteiger partial charge in [-0.3, -0.25) is 9.98 Å². The summed E-state index contributed by atoms with van der Waals surface area (Å²) in [6.07, 6.45) is 3.92. The lowest BCUT2D eigenvalue weighted by molar-refractivity contribution is 0.960. The molecule has 0 bridgehead atoms. The van der Waals surface area contributed by atoms with Gasteiger partial charge >= 0.3 is 0 Å². The zero-order chi connectivity index (χ0) is 27.3. The van der Waals surface area contributed by atoms with Crippen molar-refractivity contribution >= 4 is 45.6 Å². The van der Waals surface area contributed by atoms with Crippen molar-refractivity contribution in [3.05, 3.63) is 139 Å². The van der Waals surface area contributed by atoms with Gasteiger partial charge in [-0.05, 0) is 48.2 Å². The van der Waals surface area contributed by atoms with Crippen molar-refractivity contribution in [3.63, 3.8) is 0 Å². The van der Waals surface area contributed by atoms with E-state index in [1.165, 1.54) is 44.2 Å². The molecule has 0 radical (unpaired) electrons. The molecule has 8 rings (SSSR count). The van der Waals surface area contributed by atoms with E-state index in [2.05, 4.69) is 124 Å². The summed E-state index contributed by atoms with van der Waals surface area (Å²) in [5.41, 5.74) is 12.5. The molecule has 4 heteroatoms. The molecule has 0 fully saturated rings. The highest BCUT2D eigenvalue weighted by molar-refractivity contribution is 6.12. The Kier molecular flexibility index (Phi) is 5.32. The van der Waals surface area contributed by atoms with Crippen molar-refractivity contribution < 1.29 is 0 Å². The first kappa shape index (κ1) is 23.4. The van der Waals surface area contributed by atoms with E-state index in [1.54, 1.807) is 0 Å². The Balaban J connectivity index is 1.44. The molecule has 0 saturated heterocycles. The van der Waals surface area contributed by atoms with Gasteiger partial charge < -0.3 is 9.47 Å². The summed E-state index contributed by atoms with van der Waals surface area (Å²) in [6.45, 7) is 4.57. The van der Waals surface area contributed by atoms with Gasteiger partial charge in [-0.15, -0.1) is 0 Å². The lowest BCUT2D eigenvalue weighted by Crippen LogP contribution is -2.22. The van der Waals surface area contributed by atoms with Crippen LogP contribution in [0.4, 0.5) is 17.1 Å². The molecular formula is C37H26N4. The quantitative estimate of drug-likeness (QED) is 0.214. The SMILES string of the molecule is C=Nc1ccccc1N1Cc2c(ccc3c4ccccc4n(-c4cncc(-c5ccccc5)c4)c23)-c2ccccc21. The number of pyridine rings is 1. The molecule has 0 atom stereocenters. The molecule has 1 aliphatic rings. The minimum absolute atomic E-state index is 0.707. The van der Waals surface area contributed by atoms with Crippen molar-refractivity contribution in [3.8, 4) is 27.9 Å². The predicted molar refractivity (Wildman–Crippen MR) is 171 cm³/mol. The molecule has 4 nitrogen and oxygen atoms in total. The largest absolute Gasteiger partial charge is 0.335 e. The fourth-order valence-corrected chi connectivity index (χ4v) is 6.37. The molecule has 0 aliphatic carbocycles. The van der Waals surface area contributed by atoms with E-state index in [1.807, 2.05) is 30.6 Å². The van der Waals surface area contributed by atoms with Crippen LogP contribution >= 0.6 is 0 Å². The van der Waals surface area contributed by atoms with Crippen LogP contribution in [0, 0.1) is 0 Å². The Bertz CT molecular complexity index is 2110. The Labute approximate surface area is 238 Å². The molecule has 194 valence electrons. The van der Waals surface area contributed by atoms with Crippen molar-refractivity contribution in [1.29, 1.82) is 0 Å².